The number of sulfonamides is 1. The van der Waals surface area contributed by atoms with E-state index >= 15 is 0 Å². The Labute approximate surface area is 161 Å². The Hall–Kier alpha value is -2.00. The second kappa shape index (κ2) is 8.13. The fraction of sp³-hybridized carbons (Fsp3) is 0.188. The maximum Gasteiger partial charge on any atom is 0.323 e. The summed E-state index contributed by atoms with van der Waals surface area (Å²) in [6.45, 7) is 0. The number of nitrogens with one attached hydrogen (secondary N) is 2. The first-order valence-corrected chi connectivity index (χ1v) is 9.48. The lowest BCUT2D eigenvalue weighted by molar-refractivity contribution is 0.262. The number of hydrogen-bond acceptors (Lipinski definition) is 4. The van der Waals surface area contributed by atoms with Gasteiger partial charge < -0.3 is 15.4 Å². The molecule has 7 nitrogen and oxygen atoms in total. The fourth-order valence-corrected chi connectivity index (χ4v) is 3.24. The van der Waals surface area contributed by atoms with Crippen molar-refractivity contribution in [2.45, 2.75) is 4.90 Å². The van der Waals surface area contributed by atoms with Gasteiger partial charge in [-0.05, 0) is 36.4 Å². The highest BCUT2D eigenvalue weighted by atomic mass is 35.5. The highest BCUT2D eigenvalue weighted by Gasteiger charge is 2.20. The Kier molecular flexibility index (Phi) is 6.35. The molecule has 0 aliphatic heterocycles. The number of rotatable bonds is 5. The molecule has 0 atom stereocenters. The second-order valence-electron chi connectivity index (χ2n) is 5.36. The number of carbonyl (C=O) groups is 1. The molecule has 0 unspecified atom stereocenters. The summed E-state index contributed by atoms with van der Waals surface area (Å²) in [4.78, 5) is 12.2. The molecule has 0 spiro atoms. The van der Waals surface area contributed by atoms with E-state index < -0.39 is 16.1 Å². The lowest BCUT2D eigenvalue weighted by Gasteiger charge is -2.15. The smallest absolute Gasteiger partial charge is 0.323 e. The molecule has 2 amide bonds. The first-order chi connectivity index (χ1) is 12.1. The maximum absolute atomic E-state index is 12.3. The summed E-state index contributed by atoms with van der Waals surface area (Å²) < 4.78 is 30.8. The van der Waals surface area contributed by atoms with Gasteiger partial charge in [0.1, 0.15) is 5.75 Å². The first kappa shape index (κ1) is 20.3. The van der Waals surface area contributed by atoms with Crippen LogP contribution < -0.4 is 15.4 Å². The van der Waals surface area contributed by atoms with Crippen LogP contribution in [-0.2, 0) is 10.0 Å². The predicted octanol–water partition coefficient (Wildman–Crippen LogP) is 3.90. The average Bonchev–Trinajstić information content (AvgIpc) is 2.57. The van der Waals surface area contributed by atoms with Gasteiger partial charge in [0, 0.05) is 19.8 Å². The van der Waals surface area contributed by atoms with Crippen molar-refractivity contribution >= 4 is 50.6 Å². The topological polar surface area (TPSA) is 87.7 Å². The zero-order valence-electron chi connectivity index (χ0n) is 14.2. The number of anilines is 2. The van der Waals surface area contributed by atoms with Crippen LogP contribution in [0.4, 0.5) is 16.2 Å². The third-order valence-electron chi connectivity index (χ3n) is 3.38. The molecule has 0 bridgehead atoms. The molecule has 0 aliphatic carbocycles. The van der Waals surface area contributed by atoms with Crippen LogP contribution in [0, 0.1) is 0 Å². The normalized spacial score (nSPS) is 11.3. The van der Waals surface area contributed by atoms with E-state index in [2.05, 4.69) is 10.6 Å². The van der Waals surface area contributed by atoms with E-state index in [0.717, 1.165) is 4.31 Å². The monoisotopic (exact) mass is 417 g/mol. The molecule has 10 heteroatoms. The van der Waals surface area contributed by atoms with Crippen molar-refractivity contribution in [3.63, 3.8) is 0 Å². The highest BCUT2D eigenvalue weighted by Crippen LogP contribution is 2.29. The van der Waals surface area contributed by atoms with Crippen molar-refractivity contribution in [2.24, 2.45) is 0 Å². The van der Waals surface area contributed by atoms with Crippen LogP contribution >= 0.6 is 23.2 Å². The van der Waals surface area contributed by atoms with E-state index in [1.54, 1.807) is 12.1 Å². The molecule has 2 N–H and O–H groups in total. The average molecular weight is 418 g/mol. The number of methoxy groups -OCH3 is 1. The molecule has 2 aromatic carbocycles. The zero-order chi connectivity index (χ0) is 19.5. The molecule has 0 aliphatic rings. The van der Waals surface area contributed by atoms with Gasteiger partial charge in [0.05, 0.1) is 27.7 Å². The van der Waals surface area contributed by atoms with Crippen LogP contribution in [0.25, 0.3) is 0 Å². The van der Waals surface area contributed by atoms with Gasteiger partial charge in [-0.1, -0.05) is 23.2 Å². The Morgan fingerprint density at radius 3 is 2.31 bits per heavy atom. The second-order valence-corrected chi connectivity index (χ2v) is 8.32. The summed E-state index contributed by atoms with van der Waals surface area (Å²) in [7, 11) is 0.599. The molecular weight excluding hydrogens is 401 g/mol. The van der Waals surface area contributed by atoms with Crippen LogP contribution in [0.1, 0.15) is 0 Å². The van der Waals surface area contributed by atoms with Crippen molar-refractivity contribution in [1.29, 1.82) is 0 Å². The highest BCUT2D eigenvalue weighted by molar-refractivity contribution is 7.89. The molecule has 2 rings (SSSR count). The minimum absolute atomic E-state index is 0.0214. The number of nitrogens with zero attached hydrogens (tertiary/aromatic N) is 1. The van der Waals surface area contributed by atoms with Crippen LogP contribution in [0.3, 0.4) is 0 Å². The van der Waals surface area contributed by atoms with Crippen molar-refractivity contribution in [1.82, 2.24) is 4.31 Å². The Morgan fingerprint density at radius 1 is 1.04 bits per heavy atom. The first-order valence-electron chi connectivity index (χ1n) is 7.28. The third kappa shape index (κ3) is 4.59. The van der Waals surface area contributed by atoms with Crippen molar-refractivity contribution in [3.05, 3.63) is 46.4 Å². The fourth-order valence-electron chi connectivity index (χ4n) is 2.01. The summed E-state index contributed by atoms with van der Waals surface area (Å²) in [5.41, 5.74) is 0.626. The largest absolute Gasteiger partial charge is 0.495 e. The van der Waals surface area contributed by atoms with E-state index in [1.807, 2.05) is 0 Å². The van der Waals surface area contributed by atoms with Crippen molar-refractivity contribution < 1.29 is 17.9 Å². The minimum Gasteiger partial charge on any atom is -0.495 e. The number of amides is 2. The van der Waals surface area contributed by atoms with Gasteiger partial charge in [0.25, 0.3) is 0 Å². The van der Waals surface area contributed by atoms with Gasteiger partial charge in [-0.15, -0.1) is 0 Å². The number of benzene rings is 2. The molecule has 2 aromatic rings. The Morgan fingerprint density at radius 2 is 1.73 bits per heavy atom. The summed E-state index contributed by atoms with van der Waals surface area (Å²) in [5, 5.41) is 5.80. The SMILES string of the molecule is COc1ccc(S(=O)(=O)N(C)C)cc1NC(=O)Nc1ccc(Cl)c(Cl)c1. The van der Waals surface area contributed by atoms with Crippen LogP contribution in [0.15, 0.2) is 41.3 Å². The van der Waals surface area contributed by atoms with Crippen LogP contribution in [-0.4, -0.2) is 40.0 Å². The maximum atomic E-state index is 12.3. The molecule has 0 heterocycles. The summed E-state index contributed by atoms with van der Waals surface area (Å²) >= 11 is 11.7. The third-order valence-corrected chi connectivity index (χ3v) is 5.93. The lowest BCUT2D eigenvalue weighted by Crippen LogP contribution is -2.23. The van der Waals surface area contributed by atoms with E-state index in [-0.39, 0.29) is 10.6 Å². The van der Waals surface area contributed by atoms with Crippen LogP contribution in [0.2, 0.25) is 10.0 Å². The van der Waals surface area contributed by atoms with Gasteiger partial charge in [0.15, 0.2) is 0 Å². The van der Waals surface area contributed by atoms with Gasteiger partial charge in [-0.2, -0.15) is 0 Å². The molecular formula is C16H17Cl2N3O4S. The molecule has 0 saturated carbocycles. The molecule has 140 valence electrons. The van der Waals surface area contributed by atoms with E-state index in [0.29, 0.717) is 21.5 Å². The summed E-state index contributed by atoms with van der Waals surface area (Å²) in [5.74, 6) is 0.312. The molecule has 0 fully saturated rings. The predicted molar refractivity (Wildman–Crippen MR) is 103 cm³/mol. The van der Waals surface area contributed by atoms with Crippen molar-refractivity contribution in [3.8, 4) is 5.75 Å². The molecule has 0 aromatic heterocycles. The number of carbonyl (C=O) groups excluding carboxylic acids is 1. The summed E-state index contributed by atoms with van der Waals surface area (Å²) in [6.07, 6.45) is 0. The standard InChI is InChI=1S/C16H17Cl2N3O4S/c1-21(2)26(23,24)11-5-7-15(25-3)14(9-11)20-16(22)19-10-4-6-12(17)13(18)8-10/h4-9H,1-3H3,(H2,19,20,22). The summed E-state index contributed by atoms with van der Waals surface area (Å²) in [6, 6.07) is 8.21. The van der Waals surface area contributed by atoms with Gasteiger partial charge >= 0.3 is 6.03 Å². The van der Waals surface area contributed by atoms with E-state index in [4.69, 9.17) is 27.9 Å². The number of urea groups is 1. The van der Waals surface area contributed by atoms with Crippen molar-refractivity contribution in [2.75, 3.05) is 31.8 Å². The zero-order valence-corrected chi connectivity index (χ0v) is 16.5. The number of halogens is 2. The van der Waals surface area contributed by atoms with Crippen LogP contribution in [0.5, 0.6) is 5.75 Å². The van der Waals surface area contributed by atoms with Gasteiger partial charge in [-0.3, -0.25) is 0 Å². The van der Waals surface area contributed by atoms with Gasteiger partial charge in [-0.25, -0.2) is 17.5 Å². The Balaban J connectivity index is 2.26. The van der Waals surface area contributed by atoms with E-state index in [9.17, 15) is 13.2 Å². The number of ether oxygens (including phenoxy) is 1. The molecule has 26 heavy (non-hydrogen) atoms. The quantitative estimate of drug-likeness (QED) is 0.771. The van der Waals surface area contributed by atoms with E-state index in [1.165, 1.54) is 45.5 Å². The molecule has 0 saturated heterocycles. The minimum atomic E-state index is -3.66. The van der Waals surface area contributed by atoms with Gasteiger partial charge in [0.2, 0.25) is 10.0 Å². The Bertz CT molecular complexity index is 933. The number of hydrogen-bond donors (Lipinski definition) is 2. The molecule has 0 radical (unpaired) electrons. The lowest BCUT2D eigenvalue weighted by atomic mass is 10.3.